The number of carboxylic acids is 1. The molecule has 0 saturated heterocycles. The van der Waals surface area contributed by atoms with Crippen LogP contribution in [0.15, 0.2) is 48.5 Å². The Hall–Kier alpha value is -3.38. The van der Waals surface area contributed by atoms with Crippen molar-refractivity contribution in [3.05, 3.63) is 59.7 Å². The molecule has 0 aromatic heterocycles. The third-order valence-corrected chi connectivity index (χ3v) is 5.64. The largest absolute Gasteiger partial charge is 0.490 e. The van der Waals surface area contributed by atoms with Crippen molar-refractivity contribution in [3.8, 4) is 45.3 Å². The van der Waals surface area contributed by atoms with E-state index in [1.165, 1.54) is 0 Å². The van der Waals surface area contributed by atoms with Gasteiger partial charge in [0.1, 0.15) is 0 Å². The number of benzene rings is 3. The quantitative estimate of drug-likeness (QED) is 0.270. The van der Waals surface area contributed by atoms with Gasteiger partial charge in [0, 0.05) is 17.0 Å². The molecular formula is C28H31ClO6. The second kappa shape index (κ2) is 12.4. The minimum atomic E-state index is -1.06. The zero-order valence-electron chi connectivity index (χ0n) is 20.5. The maximum Gasteiger partial charge on any atom is 0.336 e. The van der Waals surface area contributed by atoms with Gasteiger partial charge in [0.15, 0.2) is 23.0 Å². The lowest BCUT2D eigenvalue weighted by molar-refractivity contribution is 0.0696. The molecule has 0 saturated carbocycles. The van der Waals surface area contributed by atoms with Crippen LogP contribution >= 0.6 is 11.6 Å². The number of carboxylic acid groups (broad SMARTS) is 1. The Balaban J connectivity index is 2.46. The Labute approximate surface area is 211 Å². The van der Waals surface area contributed by atoms with Crippen LogP contribution in [0.4, 0.5) is 0 Å². The molecule has 0 aliphatic heterocycles. The van der Waals surface area contributed by atoms with Gasteiger partial charge in [0.2, 0.25) is 0 Å². The first-order chi connectivity index (χ1) is 17.0. The number of para-hydroxylation sites is 2. The van der Waals surface area contributed by atoms with Crippen LogP contribution in [-0.4, -0.2) is 37.5 Å². The van der Waals surface area contributed by atoms with Gasteiger partial charge >= 0.3 is 5.97 Å². The lowest BCUT2D eigenvalue weighted by Gasteiger charge is -2.22. The fraction of sp³-hybridized carbons (Fsp3) is 0.321. The first-order valence-corrected chi connectivity index (χ1v) is 12.3. The van der Waals surface area contributed by atoms with Gasteiger partial charge in [-0.3, -0.25) is 0 Å². The summed E-state index contributed by atoms with van der Waals surface area (Å²) in [5, 5.41) is 9.93. The molecule has 0 radical (unpaired) electrons. The highest BCUT2D eigenvalue weighted by molar-refractivity contribution is 6.18. The van der Waals surface area contributed by atoms with Crippen LogP contribution in [0.2, 0.25) is 0 Å². The average molecular weight is 499 g/mol. The van der Waals surface area contributed by atoms with Gasteiger partial charge in [-0.25, -0.2) is 4.79 Å². The summed E-state index contributed by atoms with van der Waals surface area (Å²) in [6.07, 6.45) is 0. The van der Waals surface area contributed by atoms with E-state index >= 15 is 0 Å². The van der Waals surface area contributed by atoms with Crippen molar-refractivity contribution < 1.29 is 28.8 Å². The number of alkyl halides is 1. The fourth-order valence-electron chi connectivity index (χ4n) is 4.08. The smallest absolute Gasteiger partial charge is 0.336 e. The van der Waals surface area contributed by atoms with Gasteiger partial charge in [-0.1, -0.05) is 30.3 Å². The molecule has 0 spiro atoms. The normalized spacial score (nSPS) is 10.7. The molecular weight excluding hydrogens is 468 g/mol. The second-order valence-corrected chi connectivity index (χ2v) is 7.72. The molecule has 186 valence electrons. The molecule has 0 unspecified atom stereocenters. The summed E-state index contributed by atoms with van der Waals surface area (Å²) < 4.78 is 23.7. The zero-order valence-corrected chi connectivity index (χ0v) is 21.3. The molecule has 0 aliphatic carbocycles. The highest BCUT2D eigenvalue weighted by Crippen LogP contribution is 2.48. The van der Waals surface area contributed by atoms with Gasteiger partial charge in [-0.2, -0.15) is 0 Å². The Morgan fingerprint density at radius 2 is 1.23 bits per heavy atom. The molecule has 0 amide bonds. The number of carbonyl (C=O) groups is 1. The molecule has 7 heteroatoms. The molecule has 0 bridgehead atoms. The Bertz CT molecular complexity index is 1170. The van der Waals surface area contributed by atoms with Gasteiger partial charge in [0.25, 0.3) is 0 Å². The van der Waals surface area contributed by atoms with E-state index < -0.39 is 5.97 Å². The van der Waals surface area contributed by atoms with E-state index in [0.29, 0.717) is 66.1 Å². The number of ether oxygens (including phenoxy) is 4. The molecule has 6 nitrogen and oxygen atoms in total. The highest BCUT2D eigenvalue weighted by Gasteiger charge is 2.25. The standard InChI is InChI=1S/C28H31ClO6/c1-5-32-23-13-9-11-19(26(23)34-7-3)18-15-16-20(28(30)31)22(17-29)25(18)21-12-10-14-24(33-6-2)27(21)35-8-4/h9-16H,5-8,17H2,1-4H3,(H,30,31). The fourth-order valence-corrected chi connectivity index (χ4v) is 4.36. The zero-order chi connectivity index (χ0) is 25.4. The van der Waals surface area contributed by atoms with E-state index in [1.54, 1.807) is 12.1 Å². The van der Waals surface area contributed by atoms with Crippen molar-refractivity contribution >= 4 is 17.6 Å². The maximum atomic E-state index is 12.1. The maximum absolute atomic E-state index is 12.1. The Morgan fingerprint density at radius 1 is 0.714 bits per heavy atom. The molecule has 0 fully saturated rings. The first-order valence-electron chi connectivity index (χ1n) is 11.7. The van der Waals surface area contributed by atoms with Crippen LogP contribution in [0.5, 0.6) is 23.0 Å². The van der Waals surface area contributed by atoms with Crippen molar-refractivity contribution in [2.45, 2.75) is 33.6 Å². The van der Waals surface area contributed by atoms with Crippen LogP contribution in [0.3, 0.4) is 0 Å². The van der Waals surface area contributed by atoms with Crippen molar-refractivity contribution in [2.24, 2.45) is 0 Å². The number of aromatic carboxylic acids is 1. The summed E-state index contributed by atoms with van der Waals surface area (Å²) in [5.41, 5.74) is 3.47. The average Bonchev–Trinajstić information content (AvgIpc) is 2.85. The topological polar surface area (TPSA) is 74.2 Å². The van der Waals surface area contributed by atoms with Crippen molar-refractivity contribution in [1.82, 2.24) is 0 Å². The second-order valence-electron chi connectivity index (χ2n) is 7.45. The first kappa shape index (κ1) is 26.2. The molecule has 0 aliphatic rings. The van der Waals surface area contributed by atoms with Gasteiger partial charge < -0.3 is 24.1 Å². The van der Waals surface area contributed by atoms with E-state index in [1.807, 2.05) is 64.1 Å². The molecule has 3 aromatic carbocycles. The summed E-state index contributed by atoms with van der Waals surface area (Å²) in [6, 6.07) is 14.6. The molecule has 35 heavy (non-hydrogen) atoms. The molecule has 1 N–H and O–H groups in total. The van der Waals surface area contributed by atoms with Crippen LogP contribution in [0, 0.1) is 0 Å². The monoisotopic (exact) mass is 498 g/mol. The minimum absolute atomic E-state index is 0.00957. The van der Waals surface area contributed by atoms with E-state index in [0.717, 1.165) is 11.1 Å². The Morgan fingerprint density at radius 3 is 1.71 bits per heavy atom. The van der Waals surface area contributed by atoms with Crippen LogP contribution in [0.1, 0.15) is 43.6 Å². The highest BCUT2D eigenvalue weighted by atomic mass is 35.5. The van der Waals surface area contributed by atoms with E-state index in [9.17, 15) is 9.90 Å². The molecule has 3 aromatic rings. The molecule has 0 heterocycles. The summed E-state index contributed by atoms with van der Waals surface area (Å²) in [7, 11) is 0. The van der Waals surface area contributed by atoms with E-state index in [2.05, 4.69) is 0 Å². The number of rotatable bonds is 12. The number of halogens is 1. The molecule has 3 rings (SSSR count). The van der Waals surface area contributed by atoms with Crippen molar-refractivity contribution in [1.29, 1.82) is 0 Å². The molecule has 0 atom stereocenters. The predicted molar refractivity (Wildman–Crippen MR) is 139 cm³/mol. The van der Waals surface area contributed by atoms with Crippen LogP contribution in [-0.2, 0) is 5.88 Å². The van der Waals surface area contributed by atoms with Crippen molar-refractivity contribution in [3.63, 3.8) is 0 Å². The summed E-state index contributed by atoms with van der Waals surface area (Å²) in [4.78, 5) is 12.1. The van der Waals surface area contributed by atoms with Gasteiger partial charge in [0.05, 0.1) is 32.0 Å². The number of hydrogen-bond acceptors (Lipinski definition) is 5. The van der Waals surface area contributed by atoms with Gasteiger partial charge in [-0.05, 0) is 62.6 Å². The van der Waals surface area contributed by atoms with Crippen LogP contribution < -0.4 is 18.9 Å². The van der Waals surface area contributed by atoms with Crippen molar-refractivity contribution in [2.75, 3.05) is 26.4 Å². The third-order valence-electron chi connectivity index (χ3n) is 5.37. The minimum Gasteiger partial charge on any atom is -0.490 e. The third kappa shape index (κ3) is 5.49. The van der Waals surface area contributed by atoms with E-state index in [-0.39, 0.29) is 11.4 Å². The van der Waals surface area contributed by atoms with Gasteiger partial charge in [-0.15, -0.1) is 11.6 Å². The summed E-state index contributed by atoms with van der Waals surface area (Å²) in [6.45, 7) is 9.39. The number of hydrogen-bond donors (Lipinski definition) is 1. The SMILES string of the molecule is CCOc1cccc(-c2ccc(C(=O)O)c(CCl)c2-c2cccc(OCC)c2OCC)c1OCC. The van der Waals surface area contributed by atoms with E-state index in [4.69, 9.17) is 30.5 Å². The predicted octanol–water partition coefficient (Wildman–Crippen LogP) is 7.05. The lowest BCUT2D eigenvalue weighted by Crippen LogP contribution is -2.07. The lowest BCUT2D eigenvalue weighted by atomic mass is 9.87. The summed E-state index contributed by atoms with van der Waals surface area (Å²) >= 11 is 6.41. The Kier molecular flexibility index (Phi) is 9.26. The summed E-state index contributed by atoms with van der Waals surface area (Å²) in [5.74, 6) is 1.24. The van der Waals surface area contributed by atoms with Crippen LogP contribution in [0.25, 0.3) is 22.3 Å².